The smallest absolute Gasteiger partial charge is 0.127 e. The van der Waals surface area contributed by atoms with Crippen LogP contribution in [-0.4, -0.2) is 10.7 Å². The number of aromatic hydroxyl groups is 1. The van der Waals surface area contributed by atoms with E-state index in [1.807, 2.05) is 19.9 Å². The first kappa shape index (κ1) is 20.1. The van der Waals surface area contributed by atoms with E-state index in [1.54, 1.807) is 0 Å². The Kier molecular flexibility index (Phi) is 6.82. The molecule has 2 aliphatic rings. The number of phenolic OH excluding ortho intramolecular Hbond substituents is 1. The van der Waals surface area contributed by atoms with E-state index in [0.717, 1.165) is 23.7 Å². The van der Waals surface area contributed by atoms with Crippen LogP contribution in [0.2, 0.25) is 0 Å². The fourth-order valence-corrected chi connectivity index (χ4v) is 4.74. The SMILES string of the molecule is CC.CCCCCc1cc(O)c2c(c1)OC(C)(C)C1CCC(C)CC21. The third-order valence-corrected chi connectivity index (χ3v) is 6.00. The molecule has 1 aliphatic carbocycles. The van der Waals surface area contributed by atoms with Gasteiger partial charge in [0.05, 0.1) is 0 Å². The molecule has 3 rings (SSSR count). The fraction of sp³-hybridized carbons (Fsp3) is 0.739. The first-order valence-corrected chi connectivity index (χ1v) is 10.5. The van der Waals surface area contributed by atoms with Crippen LogP contribution in [0.5, 0.6) is 11.5 Å². The number of fused-ring (bicyclic) bond motifs is 3. The lowest BCUT2D eigenvalue weighted by molar-refractivity contribution is -0.0145. The predicted octanol–water partition coefficient (Wildman–Crippen LogP) is 6.84. The van der Waals surface area contributed by atoms with Crippen LogP contribution in [0.25, 0.3) is 0 Å². The first-order valence-electron chi connectivity index (χ1n) is 10.5. The van der Waals surface area contributed by atoms with Crippen LogP contribution in [0.1, 0.15) is 97.1 Å². The van der Waals surface area contributed by atoms with Crippen molar-refractivity contribution in [3.63, 3.8) is 0 Å². The molecule has 0 spiro atoms. The second-order valence-corrected chi connectivity index (χ2v) is 8.32. The molecule has 1 aromatic carbocycles. The van der Waals surface area contributed by atoms with Crippen LogP contribution in [0.3, 0.4) is 0 Å². The predicted molar refractivity (Wildman–Crippen MR) is 107 cm³/mol. The van der Waals surface area contributed by atoms with Gasteiger partial charge in [-0.1, -0.05) is 47.0 Å². The van der Waals surface area contributed by atoms with Gasteiger partial charge in [-0.25, -0.2) is 0 Å². The maximum atomic E-state index is 10.7. The van der Waals surface area contributed by atoms with Gasteiger partial charge in [0.2, 0.25) is 0 Å². The summed E-state index contributed by atoms with van der Waals surface area (Å²) in [4.78, 5) is 0. The standard InChI is InChI=1S/C21H32O2.C2H6/c1-5-6-7-8-15-12-18(22)20-16-11-14(2)9-10-17(16)21(3,4)23-19(20)13-15;1-2/h12-14,16-17,22H,5-11H2,1-4H3;1-2H3. The summed E-state index contributed by atoms with van der Waals surface area (Å²) in [6.45, 7) is 13.0. The fourth-order valence-electron chi connectivity index (χ4n) is 4.74. The number of unbranched alkanes of at least 4 members (excludes halogenated alkanes) is 2. The molecular weight excluding hydrogens is 308 g/mol. The lowest BCUT2D eigenvalue weighted by Gasteiger charge is -2.48. The van der Waals surface area contributed by atoms with Gasteiger partial charge in [-0.15, -0.1) is 0 Å². The summed E-state index contributed by atoms with van der Waals surface area (Å²) < 4.78 is 6.39. The zero-order valence-corrected chi connectivity index (χ0v) is 17.2. The van der Waals surface area contributed by atoms with Gasteiger partial charge in [-0.2, -0.15) is 0 Å². The monoisotopic (exact) mass is 346 g/mol. The molecule has 1 aliphatic heterocycles. The summed E-state index contributed by atoms with van der Waals surface area (Å²) in [7, 11) is 0. The van der Waals surface area contributed by atoms with Crippen molar-refractivity contribution < 1.29 is 9.84 Å². The summed E-state index contributed by atoms with van der Waals surface area (Å²) in [6, 6.07) is 4.19. The Morgan fingerprint density at radius 2 is 1.88 bits per heavy atom. The maximum Gasteiger partial charge on any atom is 0.127 e. The number of hydrogen-bond donors (Lipinski definition) is 1. The topological polar surface area (TPSA) is 29.5 Å². The third kappa shape index (κ3) is 4.33. The Bertz CT molecular complexity index is 561. The van der Waals surface area contributed by atoms with Crippen molar-refractivity contribution in [3.05, 3.63) is 23.3 Å². The zero-order valence-electron chi connectivity index (χ0n) is 17.2. The van der Waals surface area contributed by atoms with Crippen LogP contribution in [0.4, 0.5) is 0 Å². The minimum Gasteiger partial charge on any atom is -0.508 e. The van der Waals surface area contributed by atoms with E-state index in [0.29, 0.717) is 17.6 Å². The molecule has 2 heteroatoms. The van der Waals surface area contributed by atoms with Gasteiger partial charge in [0.1, 0.15) is 17.1 Å². The van der Waals surface area contributed by atoms with E-state index >= 15 is 0 Å². The highest BCUT2D eigenvalue weighted by Gasteiger charge is 2.47. The summed E-state index contributed by atoms with van der Waals surface area (Å²) in [5.74, 6) is 3.11. The first-order chi connectivity index (χ1) is 11.9. The normalized spacial score (nSPS) is 26.6. The number of aryl methyl sites for hydroxylation is 1. The second-order valence-electron chi connectivity index (χ2n) is 8.32. The minimum atomic E-state index is -0.133. The van der Waals surface area contributed by atoms with Gasteiger partial charge in [0.25, 0.3) is 0 Å². The number of phenols is 1. The molecule has 25 heavy (non-hydrogen) atoms. The molecular formula is C23H38O2. The highest BCUT2D eigenvalue weighted by Crippen LogP contribution is 2.55. The van der Waals surface area contributed by atoms with Gasteiger partial charge in [-0.3, -0.25) is 0 Å². The van der Waals surface area contributed by atoms with Crippen LogP contribution in [0, 0.1) is 11.8 Å². The van der Waals surface area contributed by atoms with E-state index in [4.69, 9.17) is 4.74 Å². The van der Waals surface area contributed by atoms with Crippen LogP contribution in [0.15, 0.2) is 12.1 Å². The van der Waals surface area contributed by atoms with Crippen LogP contribution in [-0.2, 0) is 6.42 Å². The molecule has 0 saturated heterocycles. The van der Waals surface area contributed by atoms with Crippen molar-refractivity contribution in [1.29, 1.82) is 0 Å². The lowest BCUT2D eigenvalue weighted by Crippen LogP contribution is -2.46. The Balaban J connectivity index is 0.00000109. The van der Waals surface area contributed by atoms with Gasteiger partial charge in [0.15, 0.2) is 0 Å². The van der Waals surface area contributed by atoms with Crippen molar-refractivity contribution in [2.24, 2.45) is 11.8 Å². The molecule has 1 heterocycles. The Labute approximate surface area is 155 Å². The summed E-state index contributed by atoms with van der Waals surface area (Å²) in [5.41, 5.74) is 2.17. The van der Waals surface area contributed by atoms with Crippen molar-refractivity contribution >= 4 is 0 Å². The molecule has 0 bridgehead atoms. The van der Waals surface area contributed by atoms with Crippen molar-refractivity contribution in [2.45, 2.75) is 98.0 Å². The van der Waals surface area contributed by atoms with E-state index in [2.05, 4.69) is 33.8 Å². The lowest BCUT2D eigenvalue weighted by atomic mass is 9.64. The van der Waals surface area contributed by atoms with E-state index in [-0.39, 0.29) is 5.60 Å². The van der Waals surface area contributed by atoms with E-state index < -0.39 is 0 Å². The van der Waals surface area contributed by atoms with Crippen LogP contribution < -0.4 is 4.74 Å². The molecule has 3 unspecified atom stereocenters. The zero-order chi connectivity index (χ0) is 18.6. The van der Waals surface area contributed by atoms with Crippen LogP contribution >= 0.6 is 0 Å². The maximum absolute atomic E-state index is 10.7. The molecule has 1 N–H and O–H groups in total. The Morgan fingerprint density at radius 3 is 2.56 bits per heavy atom. The molecule has 1 aromatic rings. The average molecular weight is 347 g/mol. The highest BCUT2D eigenvalue weighted by atomic mass is 16.5. The molecule has 2 nitrogen and oxygen atoms in total. The third-order valence-electron chi connectivity index (χ3n) is 6.00. The minimum absolute atomic E-state index is 0.133. The van der Waals surface area contributed by atoms with Gasteiger partial charge in [0, 0.05) is 11.5 Å². The molecule has 1 fully saturated rings. The number of benzene rings is 1. The van der Waals surface area contributed by atoms with Crippen molar-refractivity contribution in [3.8, 4) is 11.5 Å². The quantitative estimate of drug-likeness (QED) is 0.605. The van der Waals surface area contributed by atoms with E-state index in [1.165, 1.54) is 44.1 Å². The van der Waals surface area contributed by atoms with Crippen molar-refractivity contribution in [1.82, 2.24) is 0 Å². The largest absolute Gasteiger partial charge is 0.508 e. The molecule has 1 saturated carbocycles. The summed E-state index contributed by atoms with van der Waals surface area (Å²) in [5, 5.41) is 10.7. The number of hydrogen-bond acceptors (Lipinski definition) is 2. The van der Waals surface area contributed by atoms with E-state index in [9.17, 15) is 5.11 Å². The van der Waals surface area contributed by atoms with Crippen molar-refractivity contribution in [2.75, 3.05) is 0 Å². The highest BCUT2D eigenvalue weighted by molar-refractivity contribution is 5.52. The molecule has 0 radical (unpaired) electrons. The molecule has 142 valence electrons. The molecule has 0 amide bonds. The Hall–Kier alpha value is -1.18. The Morgan fingerprint density at radius 1 is 1.16 bits per heavy atom. The van der Waals surface area contributed by atoms with Gasteiger partial charge < -0.3 is 9.84 Å². The molecule has 3 atom stereocenters. The van der Waals surface area contributed by atoms with Gasteiger partial charge >= 0.3 is 0 Å². The molecule has 0 aromatic heterocycles. The number of ether oxygens (including phenoxy) is 1. The summed E-state index contributed by atoms with van der Waals surface area (Å²) in [6.07, 6.45) is 8.33. The second kappa shape index (κ2) is 8.47. The number of rotatable bonds is 4. The van der Waals surface area contributed by atoms with Gasteiger partial charge in [-0.05, 0) is 69.1 Å². The average Bonchev–Trinajstić information content (AvgIpc) is 2.55. The summed E-state index contributed by atoms with van der Waals surface area (Å²) >= 11 is 0.